The Morgan fingerprint density at radius 3 is 1.74 bits per heavy atom. The molecule has 1 heterocycles. The molecule has 7 heteroatoms. The molecule has 34 heavy (non-hydrogen) atoms. The van der Waals surface area contributed by atoms with Gasteiger partial charge < -0.3 is 34.6 Å². The van der Waals surface area contributed by atoms with Gasteiger partial charge in [0.1, 0.15) is 30.5 Å². The fraction of sp³-hybridized carbons (Fsp3) is 1.00. The average molecular weight is 491 g/mol. The first-order valence-electron chi connectivity index (χ1n) is 13.9. The third kappa shape index (κ3) is 17.2. The van der Waals surface area contributed by atoms with Crippen LogP contribution in [0.4, 0.5) is 0 Å². The first kappa shape index (κ1) is 31.7. The molecule has 0 bridgehead atoms. The van der Waals surface area contributed by atoms with Gasteiger partial charge in [-0.05, 0) is 12.3 Å². The summed E-state index contributed by atoms with van der Waals surface area (Å²) in [5, 5.41) is 38.8. The minimum atomic E-state index is -1.49. The quantitative estimate of drug-likeness (QED) is 0.113. The van der Waals surface area contributed by atoms with Gasteiger partial charge in [-0.1, -0.05) is 97.3 Å². The van der Waals surface area contributed by atoms with Gasteiger partial charge in [0, 0.05) is 6.61 Å². The molecule has 5 atom stereocenters. The first-order chi connectivity index (χ1) is 16.5. The summed E-state index contributed by atoms with van der Waals surface area (Å²) >= 11 is 0. The third-order valence-electron chi connectivity index (χ3n) is 6.56. The summed E-state index contributed by atoms with van der Waals surface area (Å²) in [5.41, 5.74) is 0. The average Bonchev–Trinajstić information content (AvgIpc) is 3.65. The maximum atomic E-state index is 10.3. The minimum absolute atomic E-state index is 0.0224. The van der Waals surface area contributed by atoms with E-state index in [1.165, 1.54) is 77.0 Å². The van der Waals surface area contributed by atoms with Crippen molar-refractivity contribution >= 4 is 0 Å². The number of hydrogen-bond acceptors (Lipinski definition) is 7. The predicted octanol–water partition coefficient (Wildman–Crippen LogP) is 3.98. The maximum absolute atomic E-state index is 10.3. The van der Waals surface area contributed by atoms with Gasteiger partial charge in [-0.3, -0.25) is 0 Å². The van der Waals surface area contributed by atoms with Gasteiger partial charge in [-0.25, -0.2) is 0 Å². The van der Waals surface area contributed by atoms with Gasteiger partial charge in [0.15, 0.2) is 0 Å². The third-order valence-corrected chi connectivity index (χ3v) is 6.56. The Kier molecular flexibility index (Phi) is 19.5. The summed E-state index contributed by atoms with van der Waals surface area (Å²) in [5.74, 6) is 0.847. The van der Waals surface area contributed by atoms with E-state index in [1.54, 1.807) is 0 Å². The molecule has 0 saturated carbocycles. The van der Waals surface area contributed by atoms with Crippen LogP contribution in [0.25, 0.3) is 0 Å². The van der Waals surface area contributed by atoms with Crippen LogP contribution in [-0.2, 0) is 14.2 Å². The molecule has 1 unspecified atom stereocenters. The summed E-state index contributed by atoms with van der Waals surface area (Å²) < 4.78 is 16.4. The normalized spacial score (nSPS) is 19.3. The van der Waals surface area contributed by atoms with Crippen molar-refractivity contribution in [2.45, 2.75) is 134 Å². The van der Waals surface area contributed by atoms with E-state index < -0.39 is 31.0 Å². The fourth-order valence-electron chi connectivity index (χ4n) is 4.10. The Morgan fingerprint density at radius 2 is 1.26 bits per heavy atom. The lowest BCUT2D eigenvalue weighted by Crippen LogP contribution is -2.48. The molecule has 1 aliphatic rings. The number of rotatable bonds is 25. The van der Waals surface area contributed by atoms with Gasteiger partial charge in [-0.15, -0.1) is 0 Å². The van der Waals surface area contributed by atoms with E-state index in [-0.39, 0.29) is 12.7 Å². The number of unbranched alkanes of at least 4 members (excludes halogenated alkanes) is 12. The lowest BCUT2D eigenvalue weighted by Gasteiger charge is -2.28. The highest BCUT2D eigenvalue weighted by molar-refractivity contribution is 4.82. The van der Waals surface area contributed by atoms with E-state index >= 15 is 0 Å². The molecule has 0 spiro atoms. The predicted molar refractivity (Wildman–Crippen MR) is 135 cm³/mol. The highest BCUT2D eigenvalue weighted by Crippen LogP contribution is 2.16. The molecule has 0 radical (unpaired) electrons. The zero-order valence-corrected chi connectivity index (χ0v) is 21.9. The molecule has 7 nitrogen and oxygen atoms in total. The number of hydrogen-bond donors (Lipinski definition) is 4. The first-order valence-corrected chi connectivity index (χ1v) is 13.9. The van der Waals surface area contributed by atoms with Crippen molar-refractivity contribution in [3.05, 3.63) is 0 Å². The number of aliphatic hydroxyl groups excluding tert-OH is 4. The van der Waals surface area contributed by atoms with E-state index in [4.69, 9.17) is 19.3 Å². The summed E-state index contributed by atoms with van der Waals surface area (Å²) in [6, 6.07) is 0. The SMILES string of the molecule is CC(C)CCCCCCCCCCCCCCCOC[C@H](OCC1CO1)[C@@H](O)[C@H](O)[C@H](O)CO. The van der Waals surface area contributed by atoms with Gasteiger partial charge >= 0.3 is 0 Å². The van der Waals surface area contributed by atoms with Crippen LogP contribution in [0.5, 0.6) is 0 Å². The van der Waals surface area contributed by atoms with Crippen LogP contribution in [0, 0.1) is 5.92 Å². The molecule has 204 valence electrons. The summed E-state index contributed by atoms with van der Waals surface area (Å²) in [7, 11) is 0. The van der Waals surface area contributed by atoms with Crippen molar-refractivity contribution in [3.8, 4) is 0 Å². The zero-order valence-electron chi connectivity index (χ0n) is 21.9. The van der Waals surface area contributed by atoms with Crippen LogP contribution in [0.15, 0.2) is 0 Å². The molecule has 0 amide bonds. The van der Waals surface area contributed by atoms with Crippen molar-refractivity contribution in [2.75, 3.05) is 33.0 Å². The molecule has 1 fully saturated rings. The molecule has 0 aliphatic carbocycles. The monoisotopic (exact) mass is 490 g/mol. The summed E-state index contributed by atoms with van der Waals surface area (Å²) in [6.07, 6.45) is 13.3. The molecule has 0 aromatic heterocycles. The van der Waals surface area contributed by atoms with Crippen LogP contribution in [-0.4, -0.2) is 84.0 Å². The molecular formula is C27H54O7. The highest BCUT2D eigenvalue weighted by Gasteiger charge is 2.34. The van der Waals surface area contributed by atoms with Crippen LogP contribution < -0.4 is 0 Å². The molecule has 1 saturated heterocycles. The second-order valence-corrected chi connectivity index (χ2v) is 10.4. The van der Waals surface area contributed by atoms with E-state index in [1.807, 2.05) is 0 Å². The van der Waals surface area contributed by atoms with Gasteiger partial charge in [0.05, 0.1) is 26.4 Å². The lowest BCUT2D eigenvalue weighted by molar-refractivity contribution is -0.148. The molecule has 0 aromatic rings. The van der Waals surface area contributed by atoms with Crippen LogP contribution in [0.2, 0.25) is 0 Å². The standard InChI is InChI=1S/C27H54O7/c1-22(2)16-14-12-10-8-6-4-3-5-7-9-11-13-15-17-32-21-25(34-20-23-19-33-23)27(31)26(30)24(29)18-28/h22-31H,3-21H2,1-2H3/t23?,24-,25+,26-,27-/m1/s1. The van der Waals surface area contributed by atoms with Crippen molar-refractivity contribution in [2.24, 2.45) is 5.92 Å². The van der Waals surface area contributed by atoms with Crippen molar-refractivity contribution < 1.29 is 34.6 Å². The van der Waals surface area contributed by atoms with Gasteiger partial charge in [0.2, 0.25) is 0 Å². The van der Waals surface area contributed by atoms with E-state index in [0.717, 1.165) is 18.8 Å². The topological polar surface area (TPSA) is 112 Å². The van der Waals surface area contributed by atoms with E-state index in [9.17, 15) is 15.3 Å². The van der Waals surface area contributed by atoms with Gasteiger partial charge in [-0.2, -0.15) is 0 Å². The molecule has 0 aromatic carbocycles. The smallest absolute Gasteiger partial charge is 0.111 e. The van der Waals surface area contributed by atoms with Crippen LogP contribution in [0.1, 0.15) is 104 Å². The van der Waals surface area contributed by atoms with Crippen molar-refractivity contribution in [1.82, 2.24) is 0 Å². The van der Waals surface area contributed by atoms with Crippen molar-refractivity contribution in [3.63, 3.8) is 0 Å². The Labute approximate surface area is 208 Å². The second kappa shape index (κ2) is 20.9. The largest absolute Gasteiger partial charge is 0.394 e. The lowest BCUT2D eigenvalue weighted by atomic mass is 10.0. The molecular weight excluding hydrogens is 436 g/mol. The minimum Gasteiger partial charge on any atom is -0.394 e. The Hall–Kier alpha value is -0.280. The number of aliphatic hydroxyl groups is 4. The van der Waals surface area contributed by atoms with Gasteiger partial charge in [0.25, 0.3) is 0 Å². The Bertz CT molecular complexity index is 445. The summed E-state index contributed by atoms with van der Waals surface area (Å²) in [4.78, 5) is 0. The number of ether oxygens (including phenoxy) is 3. The van der Waals surface area contributed by atoms with Crippen LogP contribution >= 0.6 is 0 Å². The second-order valence-electron chi connectivity index (χ2n) is 10.4. The van der Waals surface area contributed by atoms with Crippen molar-refractivity contribution in [1.29, 1.82) is 0 Å². The molecule has 4 N–H and O–H groups in total. The zero-order chi connectivity index (χ0) is 25.0. The Morgan fingerprint density at radius 1 is 0.765 bits per heavy atom. The molecule has 1 rings (SSSR count). The molecule has 1 aliphatic heterocycles. The van der Waals surface area contributed by atoms with E-state index in [0.29, 0.717) is 19.8 Å². The summed E-state index contributed by atoms with van der Waals surface area (Å²) in [6.45, 7) is 5.62. The maximum Gasteiger partial charge on any atom is 0.111 e. The fourth-order valence-corrected chi connectivity index (χ4v) is 4.10. The van der Waals surface area contributed by atoms with Crippen LogP contribution in [0.3, 0.4) is 0 Å². The Balaban J connectivity index is 1.94. The number of epoxide rings is 1. The highest BCUT2D eigenvalue weighted by atomic mass is 16.6. The van der Waals surface area contributed by atoms with E-state index in [2.05, 4.69) is 13.8 Å².